The first-order valence-corrected chi connectivity index (χ1v) is 9.13. The summed E-state index contributed by atoms with van der Waals surface area (Å²) in [5.41, 5.74) is 1.15. The Balaban J connectivity index is 2.01. The van der Waals surface area contributed by atoms with Gasteiger partial charge >= 0.3 is 0 Å². The zero-order chi connectivity index (χ0) is 19.6. The van der Waals surface area contributed by atoms with E-state index in [9.17, 15) is 4.39 Å². The third-order valence-corrected chi connectivity index (χ3v) is 4.33. The lowest BCUT2D eigenvalue weighted by Gasteiger charge is -2.15. The zero-order valence-electron chi connectivity index (χ0n) is 14.9. The van der Waals surface area contributed by atoms with Crippen molar-refractivity contribution in [3.63, 3.8) is 0 Å². The Morgan fingerprint density at radius 2 is 1.96 bits per heavy atom. The van der Waals surface area contributed by atoms with Gasteiger partial charge < -0.3 is 24.6 Å². The minimum absolute atomic E-state index is 0.00631. The first kappa shape index (κ1) is 21.7. The number of benzene rings is 2. The summed E-state index contributed by atoms with van der Waals surface area (Å²) >= 11 is 12.3. The summed E-state index contributed by atoms with van der Waals surface area (Å²) in [6, 6.07) is 8.00. The third kappa shape index (κ3) is 6.52. The van der Waals surface area contributed by atoms with Crippen molar-refractivity contribution in [3.05, 3.63) is 57.3 Å². The van der Waals surface area contributed by atoms with Crippen LogP contribution in [0.5, 0.6) is 11.5 Å². The Bertz CT molecular complexity index is 726. The molecule has 0 fully saturated rings. The summed E-state index contributed by atoms with van der Waals surface area (Å²) < 4.78 is 30.1. The van der Waals surface area contributed by atoms with Crippen LogP contribution in [0, 0.1) is 5.82 Å². The van der Waals surface area contributed by atoms with Crippen LogP contribution in [0.25, 0.3) is 0 Å². The van der Waals surface area contributed by atoms with Crippen LogP contribution in [0.1, 0.15) is 11.1 Å². The highest BCUT2D eigenvalue weighted by atomic mass is 35.5. The monoisotopic (exact) mass is 417 g/mol. The topological polar surface area (TPSA) is 60.0 Å². The van der Waals surface area contributed by atoms with E-state index in [2.05, 4.69) is 5.32 Å². The fourth-order valence-electron chi connectivity index (χ4n) is 2.37. The molecule has 0 aliphatic rings. The largest absolute Gasteiger partial charge is 0.493 e. The molecule has 0 bridgehead atoms. The summed E-state index contributed by atoms with van der Waals surface area (Å²) in [4.78, 5) is 0. The quantitative estimate of drug-likeness (QED) is 0.544. The fraction of sp³-hybridized carbons (Fsp3) is 0.368. The van der Waals surface area contributed by atoms with E-state index in [0.29, 0.717) is 42.8 Å². The van der Waals surface area contributed by atoms with Crippen molar-refractivity contribution >= 4 is 23.2 Å². The maximum atomic E-state index is 13.9. The molecule has 0 saturated carbocycles. The van der Waals surface area contributed by atoms with E-state index in [1.165, 1.54) is 19.2 Å². The first-order chi connectivity index (χ1) is 13.1. The number of ether oxygens (including phenoxy) is 3. The highest BCUT2D eigenvalue weighted by Crippen LogP contribution is 2.37. The molecular weight excluding hydrogens is 396 g/mol. The Labute approximate surface area is 167 Å². The van der Waals surface area contributed by atoms with E-state index in [1.807, 2.05) is 0 Å². The van der Waals surface area contributed by atoms with Crippen LogP contribution in [0.3, 0.4) is 0 Å². The number of nitrogens with one attached hydrogen (secondary N) is 1. The van der Waals surface area contributed by atoms with Crippen LogP contribution in [0.2, 0.25) is 10.0 Å². The predicted octanol–water partition coefficient (Wildman–Crippen LogP) is 3.82. The second kappa shape index (κ2) is 11.3. The fourth-order valence-corrected chi connectivity index (χ4v) is 2.88. The SMILES string of the molecule is COc1cc(CNCCOCCO)cc(Cl)c1OCc1c(F)cccc1Cl. The Morgan fingerprint density at radius 1 is 1.15 bits per heavy atom. The summed E-state index contributed by atoms with van der Waals surface area (Å²) in [7, 11) is 1.51. The molecule has 0 aliphatic heterocycles. The average Bonchev–Trinajstić information content (AvgIpc) is 2.65. The van der Waals surface area contributed by atoms with Gasteiger partial charge in [-0.25, -0.2) is 4.39 Å². The van der Waals surface area contributed by atoms with Crippen molar-refractivity contribution in [1.82, 2.24) is 5.32 Å². The lowest BCUT2D eigenvalue weighted by Crippen LogP contribution is -2.20. The molecule has 27 heavy (non-hydrogen) atoms. The van der Waals surface area contributed by atoms with Crippen molar-refractivity contribution in [1.29, 1.82) is 0 Å². The van der Waals surface area contributed by atoms with E-state index in [-0.39, 0.29) is 23.8 Å². The van der Waals surface area contributed by atoms with Crippen molar-refractivity contribution < 1.29 is 23.7 Å². The van der Waals surface area contributed by atoms with Gasteiger partial charge in [-0.1, -0.05) is 29.3 Å². The number of aliphatic hydroxyl groups is 1. The molecule has 0 atom stereocenters. The highest BCUT2D eigenvalue weighted by molar-refractivity contribution is 6.32. The smallest absolute Gasteiger partial charge is 0.180 e. The molecule has 0 radical (unpaired) electrons. The van der Waals surface area contributed by atoms with Crippen molar-refractivity contribution in [2.45, 2.75) is 13.2 Å². The van der Waals surface area contributed by atoms with Gasteiger partial charge in [0, 0.05) is 18.7 Å². The summed E-state index contributed by atoms with van der Waals surface area (Å²) in [6.45, 7) is 1.94. The van der Waals surface area contributed by atoms with Gasteiger partial charge in [-0.2, -0.15) is 0 Å². The second-order valence-corrected chi connectivity index (χ2v) is 6.43. The van der Waals surface area contributed by atoms with Gasteiger partial charge in [0.05, 0.1) is 37.0 Å². The summed E-state index contributed by atoms with van der Waals surface area (Å²) in [5.74, 6) is 0.332. The maximum absolute atomic E-state index is 13.9. The average molecular weight is 418 g/mol. The zero-order valence-corrected chi connectivity index (χ0v) is 16.4. The van der Waals surface area contributed by atoms with Gasteiger partial charge in [0.2, 0.25) is 0 Å². The van der Waals surface area contributed by atoms with E-state index in [0.717, 1.165) is 5.56 Å². The molecule has 0 saturated heterocycles. The minimum atomic E-state index is -0.443. The van der Waals surface area contributed by atoms with Crippen LogP contribution in [0.4, 0.5) is 4.39 Å². The number of rotatable bonds is 11. The third-order valence-electron chi connectivity index (χ3n) is 3.70. The molecule has 2 N–H and O–H groups in total. The molecule has 148 valence electrons. The molecule has 0 heterocycles. The number of aliphatic hydroxyl groups excluding tert-OH is 1. The van der Waals surface area contributed by atoms with E-state index in [4.69, 9.17) is 42.5 Å². The van der Waals surface area contributed by atoms with Gasteiger partial charge in [-0.3, -0.25) is 0 Å². The van der Waals surface area contributed by atoms with Gasteiger partial charge in [0.25, 0.3) is 0 Å². The number of hydrogen-bond donors (Lipinski definition) is 2. The van der Waals surface area contributed by atoms with Crippen LogP contribution >= 0.6 is 23.2 Å². The highest BCUT2D eigenvalue weighted by Gasteiger charge is 2.14. The lowest BCUT2D eigenvalue weighted by atomic mass is 10.2. The summed E-state index contributed by atoms with van der Waals surface area (Å²) in [6.07, 6.45) is 0. The second-order valence-electron chi connectivity index (χ2n) is 5.61. The van der Waals surface area contributed by atoms with Crippen LogP contribution < -0.4 is 14.8 Å². The lowest BCUT2D eigenvalue weighted by molar-refractivity contribution is 0.0938. The van der Waals surface area contributed by atoms with Gasteiger partial charge in [0.1, 0.15) is 12.4 Å². The number of hydrogen-bond acceptors (Lipinski definition) is 5. The first-order valence-electron chi connectivity index (χ1n) is 8.38. The van der Waals surface area contributed by atoms with Crippen molar-refractivity contribution in [3.8, 4) is 11.5 Å². The van der Waals surface area contributed by atoms with Crippen LogP contribution in [0.15, 0.2) is 30.3 Å². The van der Waals surface area contributed by atoms with Gasteiger partial charge in [-0.15, -0.1) is 0 Å². The molecule has 2 aromatic carbocycles. The predicted molar refractivity (Wildman–Crippen MR) is 103 cm³/mol. The van der Waals surface area contributed by atoms with Crippen LogP contribution in [-0.2, 0) is 17.9 Å². The number of methoxy groups -OCH3 is 1. The molecule has 5 nitrogen and oxygen atoms in total. The summed E-state index contributed by atoms with van der Waals surface area (Å²) in [5, 5.41) is 12.5. The van der Waals surface area contributed by atoms with E-state index in [1.54, 1.807) is 18.2 Å². The van der Waals surface area contributed by atoms with Gasteiger partial charge in [-0.05, 0) is 29.8 Å². The minimum Gasteiger partial charge on any atom is -0.493 e. The molecule has 0 aliphatic carbocycles. The maximum Gasteiger partial charge on any atom is 0.180 e. The van der Waals surface area contributed by atoms with Crippen LogP contribution in [-0.4, -0.2) is 38.6 Å². The standard InChI is InChI=1S/C19H22Cl2FNO4/c1-25-18-10-13(11-23-5-7-26-8-6-24)9-16(21)19(18)27-12-14-15(20)3-2-4-17(14)22/h2-4,9-10,23-24H,5-8,11-12H2,1H3. The van der Waals surface area contributed by atoms with Gasteiger partial charge in [0.15, 0.2) is 11.5 Å². The molecule has 0 spiro atoms. The molecule has 2 aromatic rings. The van der Waals surface area contributed by atoms with Crippen molar-refractivity contribution in [2.75, 3.05) is 33.5 Å². The normalized spacial score (nSPS) is 10.9. The molecule has 2 rings (SSSR count). The van der Waals surface area contributed by atoms with E-state index >= 15 is 0 Å². The number of halogens is 3. The Hall–Kier alpha value is -1.57. The van der Waals surface area contributed by atoms with E-state index < -0.39 is 5.82 Å². The molecular formula is C19H22Cl2FNO4. The molecule has 0 aromatic heterocycles. The molecule has 8 heteroatoms. The van der Waals surface area contributed by atoms with Crippen molar-refractivity contribution in [2.24, 2.45) is 0 Å². The Kier molecular flexibility index (Phi) is 9.10. The molecule has 0 unspecified atom stereocenters. The molecule has 0 amide bonds. The Morgan fingerprint density at radius 3 is 2.67 bits per heavy atom.